The lowest BCUT2D eigenvalue weighted by Crippen LogP contribution is -2.23. The number of hydrogen-bond donors (Lipinski definition) is 1. The van der Waals surface area contributed by atoms with Gasteiger partial charge in [0, 0.05) is 17.4 Å². The standard InChI is InChI=1S/C23H24ClN5OS/c24-19-8-6-16(7-9-19)12-21(26)22-27-28-23(29(22)14-20-5-2-10-30-20)31-15-18-4-1-3-17(11-18)13-25/h1,3-4,6-9,11,20-21H,2,5,10,12,14-15,26H2. The third-order valence-corrected chi connectivity index (χ3v) is 6.57. The predicted octanol–water partition coefficient (Wildman–Crippen LogP) is 4.52. The summed E-state index contributed by atoms with van der Waals surface area (Å²) in [5, 5.41) is 19.6. The summed E-state index contributed by atoms with van der Waals surface area (Å²) in [7, 11) is 0. The zero-order chi connectivity index (χ0) is 21.6. The third kappa shape index (κ3) is 5.66. The summed E-state index contributed by atoms with van der Waals surface area (Å²) in [6.45, 7) is 1.49. The highest BCUT2D eigenvalue weighted by molar-refractivity contribution is 7.98. The number of hydrogen-bond acceptors (Lipinski definition) is 6. The Bertz CT molecular complexity index is 1060. The van der Waals surface area contributed by atoms with Gasteiger partial charge in [-0.05, 0) is 54.7 Å². The van der Waals surface area contributed by atoms with Crippen molar-refractivity contribution < 1.29 is 4.74 Å². The van der Waals surface area contributed by atoms with Crippen molar-refractivity contribution in [2.75, 3.05) is 6.61 Å². The molecule has 2 atom stereocenters. The Morgan fingerprint density at radius 2 is 2.06 bits per heavy atom. The third-order valence-electron chi connectivity index (χ3n) is 5.28. The fourth-order valence-corrected chi connectivity index (χ4v) is 4.71. The first kappa shape index (κ1) is 21.8. The maximum Gasteiger partial charge on any atom is 0.191 e. The Morgan fingerprint density at radius 1 is 1.23 bits per heavy atom. The number of ether oxygens (including phenoxy) is 1. The molecule has 0 saturated carbocycles. The number of rotatable bonds is 8. The van der Waals surface area contributed by atoms with E-state index < -0.39 is 0 Å². The van der Waals surface area contributed by atoms with Crippen molar-refractivity contribution in [1.29, 1.82) is 5.26 Å². The minimum atomic E-state index is -0.286. The average Bonchev–Trinajstić information content (AvgIpc) is 3.44. The van der Waals surface area contributed by atoms with Crippen molar-refractivity contribution in [3.05, 3.63) is 76.1 Å². The van der Waals surface area contributed by atoms with Gasteiger partial charge in [-0.15, -0.1) is 10.2 Å². The van der Waals surface area contributed by atoms with Gasteiger partial charge in [0.1, 0.15) is 0 Å². The Kier molecular flexibility index (Phi) is 7.25. The van der Waals surface area contributed by atoms with E-state index in [4.69, 9.17) is 27.3 Å². The molecule has 0 spiro atoms. The van der Waals surface area contributed by atoms with E-state index in [1.165, 1.54) is 0 Å². The maximum atomic E-state index is 9.13. The largest absolute Gasteiger partial charge is 0.376 e. The molecule has 4 rings (SSSR count). The summed E-state index contributed by atoms with van der Waals surface area (Å²) in [4.78, 5) is 0. The summed E-state index contributed by atoms with van der Waals surface area (Å²) in [6, 6.07) is 17.2. The quantitative estimate of drug-likeness (QED) is 0.504. The molecule has 0 amide bonds. The molecule has 1 aliphatic rings. The van der Waals surface area contributed by atoms with E-state index in [1.807, 2.05) is 48.5 Å². The van der Waals surface area contributed by atoms with Crippen LogP contribution in [-0.4, -0.2) is 27.5 Å². The minimum Gasteiger partial charge on any atom is -0.376 e. The molecule has 1 aliphatic heterocycles. The van der Waals surface area contributed by atoms with Gasteiger partial charge >= 0.3 is 0 Å². The monoisotopic (exact) mass is 453 g/mol. The fraction of sp³-hybridized carbons (Fsp3) is 0.348. The number of nitrogens with zero attached hydrogens (tertiary/aromatic N) is 4. The molecule has 1 saturated heterocycles. The molecule has 6 nitrogen and oxygen atoms in total. The Balaban J connectivity index is 1.53. The summed E-state index contributed by atoms with van der Waals surface area (Å²) < 4.78 is 7.97. The number of halogens is 1. The molecular formula is C23H24ClN5OS. The van der Waals surface area contributed by atoms with Crippen LogP contribution in [0.25, 0.3) is 0 Å². The molecule has 1 aromatic heterocycles. The van der Waals surface area contributed by atoms with E-state index in [9.17, 15) is 0 Å². The first-order valence-electron chi connectivity index (χ1n) is 10.3. The smallest absolute Gasteiger partial charge is 0.191 e. The van der Waals surface area contributed by atoms with Crippen LogP contribution in [0, 0.1) is 11.3 Å². The number of thioether (sulfide) groups is 1. The van der Waals surface area contributed by atoms with Gasteiger partial charge in [-0.25, -0.2) is 0 Å². The zero-order valence-corrected chi connectivity index (χ0v) is 18.6. The molecule has 2 N–H and O–H groups in total. The Hall–Kier alpha value is -2.37. The second kappa shape index (κ2) is 10.3. The van der Waals surface area contributed by atoms with Crippen LogP contribution in [0.5, 0.6) is 0 Å². The van der Waals surface area contributed by atoms with Gasteiger partial charge in [0.2, 0.25) is 0 Å². The number of nitrogens with two attached hydrogens (primary N) is 1. The fourth-order valence-electron chi connectivity index (χ4n) is 3.69. The molecule has 2 aromatic carbocycles. The van der Waals surface area contributed by atoms with E-state index >= 15 is 0 Å². The molecule has 8 heteroatoms. The van der Waals surface area contributed by atoms with E-state index in [0.717, 1.165) is 41.6 Å². The van der Waals surface area contributed by atoms with Gasteiger partial charge < -0.3 is 15.0 Å². The van der Waals surface area contributed by atoms with Crippen molar-refractivity contribution in [3.8, 4) is 6.07 Å². The van der Waals surface area contributed by atoms with Crippen molar-refractivity contribution in [2.45, 2.75) is 48.9 Å². The average molecular weight is 454 g/mol. The number of benzene rings is 2. The van der Waals surface area contributed by atoms with Crippen LogP contribution in [0.3, 0.4) is 0 Å². The summed E-state index contributed by atoms with van der Waals surface area (Å²) >= 11 is 7.60. The predicted molar refractivity (Wildman–Crippen MR) is 122 cm³/mol. The van der Waals surface area contributed by atoms with Crippen LogP contribution in [-0.2, 0) is 23.5 Å². The van der Waals surface area contributed by atoms with Gasteiger partial charge in [0.15, 0.2) is 11.0 Å². The maximum absolute atomic E-state index is 9.13. The molecule has 0 bridgehead atoms. The Labute approximate surface area is 191 Å². The molecule has 2 heterocycles. The summed E-state index contributed by atoms with van der Waals surface area (Å²) in [5.74, 6) is 1.46. The van der Waals surface area contributed by atoms with E-state index in [-0.39, 0.29) is 12.1 Å². The molecule has 0 aliphatic carbocycles. The van der Waals surface area contributed by atoms with Crippen LogP contribution in [0.1, 0.15) is 41.4 Å². The van der Waals surface area contributed by atoms with E-state index in [1.54, 1.807) is 11.8 Å². The van der Waals surface area contributed by atoms with Crippen LogP contribution in [0.2, 0.25) is 5.02 Å². The highest BCUT2D eigenvalue weighted by Crippen LogP contribution is 2.27. The van der Waals surface area contributed by atoms with Crippen molar-refractivity contribution in [1.82, 2.24) is 14.8 Å². The highest BCUT2D eigenvalue weighted by Gasteiger charge is 2.24. The lowest BCUT2D eigenvalue weighted by atomic mass is 10.1. The summed E-state index contributed by atoms with van der Waals surface area (Å²) in [5.41, 5.74) is 9.39. The van der Waals surface area contributed by atoms with Gasteiger partial charge in [-0.1, -0.05) is 47.6 Å². The molecule has 31 heavy (non-hydrogen) atoms. The number of nitriles is 1. The Morgan fingerprint density at radius 3 is 2.81 bits per heavy atom. The van der Waals surface area contributed by atoms with Crippen molar-refractivity contribution >= 4 is 23.4 Å². The molecule has 0 radical (unpaired) electrons. The summed E-state index contributed by atoms with van der Waals surface area (Å²) in [6.07, 6.45) is 2.90. The second-order valence-corrected chi connectivity index (χ2v) is 9.00. The van der Waals surface area contributed by atoms with E-state index in [0.29, 0.717) is 29.3 Å². The van der Waals surface area contributed by atoms with Crippen molar-refractivity contribution in [3.63, 3.8) is 0 Å². The molecular weight excluding hydrogens is 430 g/mol. The normalized spacial score (nSPS) is 16.9. The van der Waals surface area contributed by atoms with Gasteiger partial charge in [-0.3, -0.25) is 0 Å². The van der Waals surface area contributed by atoms with Gasteiger partial charge in [0.25, 0.3) is 0 Å². The van der Waals surface area contributed by atoms with Crippen LogP contribution >= 0.6 is 23.4 Å². The van der Waals surface area contributed by atoms with Crippen LogP contribution in [0.15, 0.2) is 53.7 Å². The van der Waals surface area contributed by atoms with Gasteiger partial charge in [0.05, 0.1) is 30.3 Å². The molecule has 1 fully saturated rings. The van der Waals surface area contributed by atoms with Gasteiger partial charge in [-0.2, -0.15) is 5.26 Å². The van der Waals surface area contributed by atoms with Crippen LogP contribution in [0.4, 0.5) is 0 Å². The van der Waals surface area contributed by atoms with Crippen molar-refractivity contribution in [2.24, 2.45) is 5.73 Å². The topological polar surface area (TPSA) is 89.8 Å². The lowest BCUT2D eigenvalue weighted by molar-refractivity contribution is 0.0938. The second-order valence-electron chi connectivity index (χ2n) is 7.62. The molecule has 2 unspecified atom stereocenters. The van der Waals surface area contributed by atoms with E-state index in [2.05, 4.69) is 20.8 Å². The first-order chi connectivity index (χ1) is 15.1. The highest BCUT2D eigenvalue weighted by atomic mass is 35.5. The van der Waals surface area contributed by atoms with Crippen LogP contribution < -0.4 is 5.73 Å². The minimum absolute atomic E-state index is 0.152. The molecule has 3 aromatic rings. The molecule has 160 valence electrons. The first-order valence-corrected chi connectivity index (χ1v) is 11.7. The SMILES string of the molecule is N#Cc1cccc(CSc2nnc(C(N)Cc3ccc(Cl)cc3)n2CC2CCCO2)c1. The zero-order valence-electron chi connectivity index (χ0n) is 17.1. The lowest BCUT2D eigenvalue weighted by Gasteiger charge is -2.18. The number of aromatic nitrogens is 3.